The van der Waals surface area contributed by atoms with Crippen molar-refractivity contribution >= 4 is 37.6 Å². The number of aromatic amines is 1. The van der Waals surface area contributed by atoms with Gasteiger partial charge in [-0.25, -0.2) is 31.5 Å². The van der Waals surface area contributed by atoms with Crippen molar-refractivity contribution in [2.75, 3.05) is 19.4 Å². The molecular weight excluding hydrogens is 947 g/mol. The first-order chi connectivity index (χ1) is 34.1. The van der Waals surface area contributed by atoms with Crippen LogP contribution in [0.4, 0.5) is 8.78 Å². The number of nitrogens with one attached hydrogen (secondary N) is 1. The van der Waals surface area contributed by atoms with E-state index in [-0.39, 0.29) is 59.6 Å². The van der Waals surface area contributed by atoms with Crippen LogP contribution in [0.15, 0.2) is 81.2 Å². The molecule has 12 rings (SSSR count). The maximum atomic E-state index is 16.4. The second-order valence-electron chi connectivity index (χ2n) is 21.5. The second-order valence-corrected chi connectivity index (χ2v) is 23.8. The third-order valence-corrected chi connectivity index (χ3v) is 17.9. The topological polar surface area (TPSA) is 190 Å². The molecule has 1 saturated heterocycles. The monoisotopic (exact) mass is 1000 g/mol. The average molecular weight is 1000 g/mol. The van der Waals surface area contributed by atoms with Gasteiger partial charge >= 0.3 is 11.4 Å². The summed E-state index contributed by atoms with van der Waals surface area (Å²) < 4.78 is 77.2. The fourth-order valence-corrected chi connectivity index (χ4v) is 13.7. The number of nitrogens with zero attached hydrogens (tertiary/aromatic N) is 9. The van der Waals surface area contributed by atoms with Crippen LogP contribution in [0, 0.1) is 31.4 Å². The number of benzene rings is 3. The largest absolute Gasteiger partial charge is 0.438 e. The van der Waals surface area contributed by atoms with E-state index in [1.165, 1.54) is 44.7 Å². The van der Waals surface area contributed by atoms with Gasteiger partial charge in [0, 0.05) is 60.7 Å². The van der Waals surface area contributed by atoms with Crippen molar-refractivity contribution in [1.82, 2.24) is 48.3 Å². The van der Waals surface area contributed by atoms with E-state index in [9.17, 15) is 13.2 Å². The number of sulfone groups is 1. The second kappa shape index (κ2) is 15.5. The molecule has 5 aromatic heterocycles. The highest BCUT2D eigenvalue weighted by atomic mass is 32.2. The fraction of sp³-hybridized carbons (Fsp3) is 0.423. The molecule has 1 N–H and O–H groups in total. The molecule has 3 aromatic carbocycles. The predicted octanol–water partition coefficient (Wildman–Crippen LogP) is 7.34. The molecule has 1 amide bonds. The number of fused-ring (bicyclic) bond motifs is 4. The number of amides is 1. The SMILES string of the molecule is Cc1cc(-n2nc3c(c2-n2ccn(-c4ccc5c(cnn5C)c4F)c2=O)[C@H](C)N(C(=O)c2cc4cc([C@H]5CCOC(C)(C)C5)ccc4n2[C@@]2(c4noc(=O)[nH]4)C[C@@H]2C)CC32CC(S(C)(=O)=O)C2)cc(C)c1F. The Bertz CT molecular complexity index is 3820. The predicted molar refractivity (Wildman–Crippen MR) is 263 cm³/mol. The molecule has 2 saturated carbocycles. The number of carbonyl (C=O) groups is 1. The van der Waals surface area contributed by atoms with Crippen LogP contribution in [0.1, 0.15) is 116 Å². The van der Waals surface area contributed by atoms with Gasteiger partial charge in [0.15, 0.2) is 11.6 Å². The van der Waals surface area contributed by atoms with Gasteiger partial charge < -0.3 is 14.2 Å². The van der Waals surface area contributed by atoms with E-state index < -0.39 is 55.2 Å². The first kappa shape index (κ1) is 46.2. The van der Waals surface area contributed by atoms with Gasteiger partial charge in [-0.2, -0.15) is 10.2 Å². The molecule has 0 unspecified atom stereocenters. The number of hydrogen-bond donors (Lipinski definition) is 1. The molecule has 374 valence electrons. The summed E-state index contributed by atoms with van der Waals surface area (Å²) in [6.45, 7) is 12.0. The fourth-order valence-electron chi connectivity index (χ4n) is 12.4. The van der Waals surface area contributed by atoms with Gasteiger partial charge in [0.1, 0.15) is 32.7 Å². The number of aromatic nitrogens is 9. The Balaban J connectivity index is 1.07. The van der Waals surface area contributed by atoms with Crippen LogP contribution < -0.4 is 11.4 Å². The maximum absolute atomic E-state index is 16.4. The Morgan fingerprint density at radius 3 is 2.29 bits per heavy atom. The summed E-state index contributed by atoms with van der Waals surface area (Å²) in [5.74, 6) is -1.51. The number of carbonyl (C=O) groups excluding carboxylic acids is 1. The van der Waals surface area contributed by atoms with E-state index in [1.807, 2.05) is 30.5 Å². The third-order valence-electron chi connectivity index (χ3n) is 16.4. The summed E-state index contributed by atoms with van der Waals surface area (Å²) in [5.41, 5.74) is 1.83. The number of hydrogen-bond acceptors (Lipinski definition) is 10. The Morgan fingerprint density at radius 2 is 1.62 bits per heavy atom. The van der Waals surface area contributed by atoms with Gasteiger partial charge in [-0.3, -0.25) is 28.1 Å². The standard InChI is InChI=1S/C52H54F2N10O7S/c1-27-17-34(18-28(2)42(27)53)64-45(61-15-14-60(49(61)67)39-12-11-38-36(43(39)54)25-55-59(38)7)41-30(4)62(26-51(44(41)57-64)23-35(24-51)72(8,68)69)46(65)40-20-33-19-31(32-13-16-70-50(5,6)22-32)9-10-37(33)63(40)52(21-29(52)3)47-56-48(66)71-58-47/h9-12,14-15,17-20,25,29-30,32,35H,13,16,21-24,26H2,1-8H3,(H,56,58,66)/t29-,30-,32-,35?,51?,52-/m0/s1. The van der Waals surface area contributed by atoms with Crippen LogP contribution in [0.5, 0.6) is 0 Å². The summed E-state index contributed by atoms with van der Waals surface area (Å²) >= 11 is 0. The van der Waals surface area contributed by atoms with Gasteiger partial charge in [0.05, 0.1) is 51.1 Å². The molecule has 4 atom stereocenters. The summed E-state index contributed by atoms with van der Waals surface area (Å²) in [6.07, 6.45) is 8.03. The number of ether oxygens (including phenoxy) is 1. The minimum absolute atomic E-state index is 0.0165. The quantitative estimate of drug-likeness (QED) is 0.161. The zero-order chi connectivity index (χ0) is 50.7. The van der Waals surface area contributed by atoms with Gasteiger partial charge in [-0.05, 0) is 138 Å². The van der Waals surface area contributed by atoms with Crippen molar-refractivity contribution in [3.8, 4) is 17.2 Å². The number of imidazole rings is 1. The lowest BCUT2D eigenvalue weighted by Crippen LogP contribution is -2.59. The first-order valence-electron chi connectivity index (χ1n) is 24.3. The number of aryl methyl sites for hydroxylation is 3. The number of H-pyrrole nitrogens is 1. The molecule has 17 nitrogen and oxygen atoms in total. The van der Waals surface area contributed by atoms with E-state index in [4.69, 9.17) is 14.4 Å². The number of halogens is 2. The smallest absolute Gasteiger partial charge is 0.376 e. The molecule has 2 aliphatic heterocycles. The van der Waals surface area contributed by atoms with E-state index in [0.717, 1.165) is 29.3 Å². The van der Waals surface area contributed by atoms with E-state index >= 15 is 18.4 Å². The summed E-state index contributed by atoms with van der Waals surface area (Å²) in [7, 11) is -1.85. The summed E-state index contributed by atoms with van der Waals surface area (Å²) in [4.78, 5) is 48.3. The lowest BCUT2D eigenvalue weighted by molar-refractivity contribution is -0.0592. The van der Waals surface area contributed by atoms with Gasteiger partial charge in [0.2, 0.25) is 0 Å². The lowest BCUT2D eigenvalue weighted by atomic mass is 9.62. The van der Waals surface area contributed by atoms with E-state index in [0.29, 0.717) is 58.1 Å². The molecule has 4 aliphatic rings. The van der Waals surface area contributed by atoms with Crippen LogP contribution in [0.3, 0.4) is 0 Å². The average Bonchev–Trinajstić information content (AvgIpc) is 3.95. The van der Waals surface area contributed by atoms with Crippen molar-refractivity contribution in [1.29, 1.82) is 0 Å². The van der Waals surface area contributed by atoms with Crippen molar-refractivity contribution in [2.24, 2.45) is 13.0 Å². The molecule has 1 spiro atoms. The zero-order valence-electron chi connectivity index (χ0n) is 41.2. The highest BCUT2D eigenvalue weighted by molar-refractivity contribution is 7.91. The van der Waals surface area contributed by atoms with Crippen LogP contribution in [0.25, 0.3) is 39.0 Å². The maximum Gasteiger partial charge on any atom is 0.438 e. The number of rotatable bonds is 8. The first-order valence-corrected chi connectivity index (χ1v) is 26.2. The third kappa shape index (κ3) is 6.73. The molecule has 0 bridgehead atoms. The highest BCUT2D eigenvalue weighted by Gasteiger charge is 2.61. The van der Waals surface area contributed by atoms with Crippen LogP contribution in [-0.2, 0) is 32.6 Å². The van der Waals surface area contributed by atoms with Crippen molar-refractivity contribution < 1.29 is 31.3 Å². The minimum atomic E-state index is -3.55. The van der Waals surface area contributed by atoms with Gasteiger partial charge in [-0.1, -0.05) is 18.1 Å². The van der Waals surface area contributed by atoms with Gasteiger partial charge in [-0.15, -0.1) is 0 Å². The molecule has 2 aliphatic carbocycles. The molecule has 8 aromatic rings. The summed E-state index contributed by atoms with van der Waals surface area (Å²) in [5, 5.41) is 14.0. The van der Waals surface area contributed by atoms with Crippen molar-refractivity contribution in [3.05, 3.63) is 139 Å². The van der Waals surface area contributed by atoms with Crippen LogP contribution in [0.2, 0.25) is 0 Å². The zero-order valence-corrected chi connectivity index (χ0v) is 42.0. The Kier molecular flexibility index (Phi) is 9.96. The Morgan fingerprint density at radius 1 is 0.917 bits per heavy atom. The molecule has 3 fully saturated rings. The van der Waals surface area contributed by atoms with Crippen LogP contribution in [-0.4, -0.2) is 92.9 Å². The van der Waals surface area contributed by atoms with E-state index in [1.54, 1.807) is 48.7 Å². The lowest BCUT2D eigenvalue weighted by Gasteiger charge is -2.52. The highest BCUT2D eigenvalue weighted by Crippen LogP contribution is 2.58. The van der Waals surface area contributed by atoms with Gasteiger partial charge in [0.25, 0.3) is 5.91 Å². The van der Waals surface area contributed by atoms with Crippen molar-refractivity contribution in [2.45, 2.75) is 107 Å². The normalized spacial score (nSPS) is 24.8. The molecule has 0 radical (unpaired) electrons. The van der Waals surface area contributed by atoms with E-state index in [2.05, 4.69) is 41.2 Å². The van der Waals surface area contributed by atoms with Crippen LogP contribution >= 0.6 is 0 Å². The van der Waals surface area contributed by atoms with Crippen molar-refractivity contribution in [3.63, 3.8) is 0 Å². The summed E-state index contributed by atoms with van der Waals surface area (Å²) in [6, 6.07) is 13.8. The molecule has 7 heterocycles. The Labute approximate surface area is 411 Å². The molecule has 20 heteroatoms. The Hall–Kier alpha value is -6.93. The molecular formula is C52H54F2N10O7S. The minimum Gasteiger partial charge on any atom is -0.376 e. The molecule has 72 heavy (non-hydrogen) atoms.